The van der Waals surface area contributed by atoms with E-state index >= 15 is 0 Å². The van der Waals surface area contributed by atoms with Crippen LogP contribution in [0.5, 0.6) is 0 Å². The van der Waals surface area contributed by atoms with Gasteiger partial charge in [-0.15, -0.1) is 0 Å². The number of nitrogens with zero attached hydrogens (tertiary/aromatic N) is 1. The van der Waals surface area contributed by atoms with E-state index in [1.54, 1.807) is 32.9 Å². The molecule has 2 rings (SSSR count). The maximum Gasteiger partial charge on any atom is 0.408 e. The molecule has 0 fully saturated rings. The van der Waals surface area contributed by atoms with Crippen LogP contribution in [0.2, 0.25) is 5.02 Å². The van der Waals surface area contributed by atoms with Gasteiger partial charge in [-0.25, -0.2) is 4.79 Å². The van der Waals surface area contributed by atoms with Crippen molar-refractivity contribution in [2.24, 2.45) is 0 Å². The number of anilines is 1. The van der Waals surface area contributed by atoms with Crippen LogP contribution >= 0.6 is 11.6 Å². The van der Waals surface area contributed by atoms with E-state index in [2.05, 4.69) is 10.6 Å². The fourth-order valence-corrected chi connectivity index (χ4v) is 4.35. The minimum absolute atomic E-state index is 0.370. The van der Waals surface area contributed by atoms with Crippen LogP contribution in [0.1, 0.15) is 76.3 Å². The molecule has 2 unspecified atom stereocenters. The molecule has 3 N–H and O–H groups in total. The van der Waals surface area contributed by atoms with Crippen LogP contribution in [0.15, 0.2) is 36.4 Å². The molecule has 0 aromatic heterocycles. The third-order valence-corrected chi connectivity index (χ3v) is 7.06. The van der Waals surface area contributed by atoms with Crippen molar-refractivity contribution >= 4 is 35.2 Å². The van der Waals surface area contributed by atoms with E-state index in [0.717, 1.165) is 16.7 Å². The number of carbonyl (C=O) groups is 3. The normalized spacial score (nSPS) is 13.3. The van der Waals surface area contributed by atoms with Crippen molar-refractivity contribution in [1.29, 1.82) is 0 Å². The van der Waals surface area contributed by atoms with Crippen LogP contribution in [0.3, 0.4) is 0 Å². The Morgan fingerprint density at radius 3 is 2.15 bits per heavy atom. The maximum atomic E-state index is 14.1. The van der Waals surface area contributed by atoms with Gasteiger partial charge in [0.1, 0.15) is 17.7 Å². The van der Waals surface area contributed by atoms with Crippen molar-refractivity contribution < 1.29 is 24.2 Å². The van der Waals surface area contributed by atoms with E-state index in [-0.39, 0.29) is 0 Å². The van der Waals surface area contributed by atoms with Crippen LogP contribution in [-0.4, -0.2) is 51.7 Å². The van der Waals surface area contributed by atoms with E-state index < -0.39 is 47.7 Å². The summed E-state index contributed by atoms with van der Waals surface area (Å²) in [6.07, 6.45) is -0.355. The molecule has 8 nitrogen and oxygen atoms in total. The zero-order chi connectivity index (χ0) is 29.7. The second-order valence-corrected chi connectivity index (χ2v) is 11.8. The minimum atomic E-state index is -1.34. The lowest BCUT2D eigenvalue weighted by atomic mass is 9.91. The number of halogens is 1. The third-order valence-electron chi connectivity index (χ3n) is 6.75. The predicted octanol–water partition coefficient (Wildman–Crippen LogP) is 5.85. The highest BCUT2D eigenvalue weighted by atomic mass is 35.5. The van der Waals surface area contributed by atoms with Crippen molar-refractivity contribution in [3.05, 3.63) is 63.7 Å². The molecule has 0 aliphatic rings. The highest BCUT2D eigenvalue weighted by Gasteiger charge is 2.43. The Balaban J connectivity index is 2.66. The van der Waals surface area contributed by atoms with E-state index in [9.17, 15) is 19.5 Å². The zero-order valence-corrected chi connectivity index (χ0v) is 25.2. The fraction of sp³-hybridized carbons (Fsp3) is 0.500. The molecule has 3 amide bonds. The molecule has 2 aromatic carbocycles. The molecule has 0 aliphatic heterocycles. The molecule has 39 heavy (non-hydrogen) atoms. The Kier molecular flexibility index (Phi) is 10.6. The van der Waals surface area contributed by atoms with Gasteiger partial charge >= 0.3 is 6.09 Å². The van der Waals surface area contributed by atoms with Gasteiger partial charge in [-0.1, -0.05) is 48.9 Å². The van der Waals surface area contributed by atoms with Crippen LogP contribution in [0.25, 0.3) is 0 Å². The first-order chi connectivity index (χ1) is 18.0. The summed E-state index contributed by atoms with van der Waals surface area (Å²) in [4.78, 5) is 42.2. The quantitative estimate of drug-likeness (QED) is 0.357. The van der Waals surface area contributed by atoms with Gasteiger partial charge in [-0.3, -0.25) is 9.59 Å². The molecule has 2 aromatic rings. The van der Waals surface area contributed by atoms with Gasteiger partial charge in [-0.2, -0.15) is 0 Å². The molecule has 9 heteroatoms. The molecule has 214 valence electrons. The number of hydrogen-bond acceptors (Lipinski definition) is 5. The number of aliphatic hydroxyl groups is 1. The lowest BCUT2D eigenvalue weighted by molar-refractivity contribution is -0.148. The van der Waals surface area contributed by atoms with Gasteiger partial charge in [-0.05, 0) is 90.1 Å². The predicted molar refractivity (Wildman–Crippen MR) is 155 cm³/mol. The fourth-order valence-electron chi connectivity index (χ4n) is 4.08. The lowest BCUT2D eigenvalue weighted by Gasteiger charge is -2.44. The van der Waals surface area contributed by atoms with E-state index in [4.69, 9.17) is 16.3 Å². The number of alkyl carbamates (subject to hydrolysis) is 1. The monoisotopic (exact) mass is 559 g/mol. The summed E-state index contributed by atoms with van der Waals surface area (Å²) in [5, 5.41) is 16.0. The van der Waals surface area contributed by atoms with Gasteiger partial charge in [0.15, 0.2) is 0 Å². The topological polar surface area (TPSA) is 108 Å². The number of nitrogens with one attached hydrogen (secondary N) is 2. The molecule has 0 spiro atoms. The number of aryl methyl sites for hydroxylation is 3. The van der Waals surface area contributed by atoms with Crippen molar-refractivity contribution in [2.75, 3.05) is 11.9 Å². The molecule has 0 radical (unpaired) electrons. The Labute approximate surface area is 237 Å². The van der Waals surface area contributed by atoms with Crippen molar-refractivity contribution in [2.45, 2.75) is 92.0 Å². The average Bonchev–Trinajstić information content (AvgIpc) is 2.83. The van der Waals surface area contributed by atoms with E-state index in [0.29, 0.717) is 22.7 Å². The highest BCUT2D eigenvalue weighted by Crippen LogP contribution is 2.35. The SMILES string of the molecule is CCC(C)(C)N(C(=O)C(CO)NC(=O)OC(C)(C)C)C(C(=O)Nc1c(C)cccc1Cl)c1ccc(C)c(C)c1. The number of ether oxygens (including phenoxy) is 1. The number of rotatable bonds is 9. The van der Waals surface area contributed by atoms with Crippen LogP contribution < -0.4 is 10.6 Å². The number of amides is 3. The summed E-state index contributed by atoms with van der Waals surface area (Å²) < 4.78 is 5.31. The van der Waals surface area contributed by atoms with Crippen LogP contribution in [-0.2, 0) is 14.3 Å². The summed E-state index contributed by atoms with van der Waals surface area (Å²) in [5.41, 5.74) is 2.14. The zero-order valence-electron chi connectivity index (χ0n) is 24.4. The first-order valence-corrected chi connectivity index (χ1v) is 13.5. The molecule has 0 saturated heterocycles. The Morgan fingerprint density at radius 2 is 1.64 bits per heavy atom. The van der Waals surface area contributed by atoms with Crippen molar-refractivity contribution in [1.82, 2.24) is 10.2 Å². The van der Waals surface area contributed by atoms with Crippen LogP contribution in [0.4, 0.5) is 10.5 Å². The summed E-state index contributed by atoms with van der Waals surface area (Å²) in [7, 11) is 0. The Morgan fingerprint density at radius 1 is 1.00 bits per heavy atom. The van der Waals surface area contributed by atoms with Gasteiger partial charge in [0.05, 0.1) is 17.3 Å². The van der Waals surface area contributed by atoms with E-state index in [1.807, 2.05) is 65.8 Å². The summed E-state index contributed by atoms with van der Waals surface area (Å²) in [6.45, 7) is 15.7. The van der Waals surface area contributed by atoms with Crippen LogP contribution in [0, 0.1) is 20.8 Å². The number of benzene rings is 2. The van der Waals surface area contributed by atoms with Gasteiger partial charge in [0.2, 0.25) is 5.91 Å². The second-order valence-electron chi connectivity index (χ2n) is 11.4. The van der Waals surface area contributed by atoms with Gasteiger partial charge < -0.3 is 25.4 Å². The number of carbonyl (C=O) groups excluding carboxylic acids is 3. The number of hydrogen-bond donors (Lipinski definition) is 3. The lowest BCUT2D eigenvalue weighted by Crippen LogP contribution is -2.59. The number of aliphatic hydroxyl groups excluding tert-OH is 1. The van der Waals surface area contributed by atoms with E-state index in [1.165, 1.54) is 4.90 Å². The molecule has 0 saturated carbocycles. The summed E-state index contributed by atoms with van der Waals surface area (Å²) in [6, 6.07) is 8.45. The first kappa shape index (κ1) is 32.1. The highest BCUT2D eigenvalue weighted by molar-refractivity contribution is 6.34. The van der Waals surface area contributed by atoms with Crippen molar-refractivity contribution in [3.8, 4) is 0 Å². The largest absolute Gasteiger partial charge is 0.444 e. The molecular formula is C30H42ClN3O5. The Hall–Kier alpha value is -3.10. The molecule has 0 bridgehead atoms. The third kappa shape index (κ3) is 8.19. The smallest absolute Gasteiger partial charge is 0.408 e. The summed E-state index contributed by atoms with van der Waals surface area (Å²) in [5.74, 6) is -1.09. The maximum absolute atomic E-state index is 14.1. The van der Waals surface area contributed by atoms with Gasteiger partial charge in [0.25, 0.3) is 5.91 Å². The van der Waals surface area contributed by atoms with Gasteiger partial charge in [0, 0.05) is 5.54 Å². The molecule has 2 atom stereocenters. The molecule has 0 aliphatic carbocycles. The first-order valence-electron chi connectivity index (χ1n) is 13.1. The minimum Gasteiger partial charge on any atom is -0.444 e. The van der Waals surface area contributed by atoms with Crippen molar-refractivity contribution in [3.63, 3.8) is 0 Å². The second kappa shape index (κ2) is 12.8. The number of para-hydroxylation sites is 1. The molecule has 0 heterocycles. The molecular weight excluding hydrogens is 518 g/mol. The average molecular weight is 560 g/mol. The summed E-state index contributed by atoms with van der Waals surface area (Å²) >= 11 is 6.42. The Bertz CT molecular complexity index is 1190. The standard InChI is InChI=1S/C30H42ClN3O5/c1-10-30(8,9)34(27(37)23(17-35)32-28(38)39-29(5,6)7)25(21-15-14-18(2)20(4)16-21)26(36)33-24-19(3)12-11-13-22(24)31/h11-16,23,25,35H,10,17H2,1-9H3,(H,32,38)(H,33,36).